The van der Waals surface area contributed by atoms with Gasteiger partial charge in [0.15, 0.2) is 0 Å². The Morgan fingerprint density at radius 3 is 1.79 bits per heavy atom. The summed E-state index contributed by atoms with van der Waals surface area (Å²) in [5.74, 6) is 0.821. The average Bonchev–Trinajstić information content (AvgIpc) is 3.94. The highest BCUT2D eigenvalue weighted by molar-refractivity contribution is 6.09. The lowest BCUT2D eigenvalue weighted by Crippen LogP contribution is -2.12. The molecule has 7 heteroatoms. The molecule has 12 rings (SSSR count). The van der Waals surface area contributed by atoms with Gasteiger partial charge in [-0.25, -0.2) is 13.8 Å². The largest absolute Gasteiger partial charge is 0.503 e. The zero-order valence-corrected chi connectivity index (χ0v) is 39.3. The molecule has 340 valence electrons. The number of fused-ring (bicyclic) bond motifs is 4. The smallest absolute Gasteiger partial charge is 0.457 e. The van der Waals surface area contributed by atoms with Crippen molar-refractivity contribution in [2.75, 3.05) is 0 Å². The zero-order chi connectivity index (χ0) is 48.2. The van der Waals surface area contributed by atoms with Crippen LogP contribution in [0, 0.1) is 11.6 Å². The summed E-state index contributed by atoms with van der Waals surface area (Å²) in [6.45, 7) is 6.65. The van der Waals surface area contributed by atoms with Gasteiger partial charge in [-0.1, -0.05) is 142 Å². The summed E-state index contributed by atoms with van der Waals surface area (Å²) in [6.07, 6.45) is 1.89. The van der Waals surface area contributed by atoms with Crippen molar-refractivity contribution in [3.05, 3.63) is 242 Å². The number of rotatable bonds is 9. The van der Waals surface area contributed by atoms with E-state index in [1.807, 2.05) is 100 Å². The molecule has 0 radical (unpaired) electrons. The molecule has 3 heterocycles. The molecule has 0 amide bonds. The molecule has 1 aliphatic heterocycles. The zero-order valence-electron chi connectivity index (χ0n) is 39.3. The van der Waals surface area contributed by atoms with Gasteiger partial charge in [0.25, 0.3) is 11.4 Å². The number of hydrogen-bond donors (Lipinski definition) is 0. The van der Waals surface area contributed by atoms with Crippen LogP contribution in [0.15, 0.2) is 225 Å². The number of hydrogen-bond acceptors (Lipinski definition) is 2. The first kappa shape index (κ1) is 43.3. The number of halogens is 2. The standard InChI is InChI=1S/C64H46F2N4O/c1-64(2,3)48-31-32-67-62(37-48)70-58-22-11-10-19-56(58)57-30-29-52(40-61(57)70)71-53-36-46(44-27-25-43(26-28-44)42-15-6-4-7-16-42)35-51(39-53)68-41-69(60-24-13-12-23-59(60)68)63-54(45-17-8-5-9-18-45)20-14-21-55(63)47-33-49(65)38-50(66)34-47/h4-40H,1-3H3/q+2. The Morgan fingerprint density at radius 2 is 1.07 bits per heavy atom. The molecule has 0 spiro atoms. The van der Waals surface area contributed by atoms with Gasteiger partial charge in [0.05, 0.1) is 28.2 Å². The molecular formula is C64H46F2N4O+2. The molecule has 0 bridgehead atoms. The molecule has 0 saturated carbocycles. The first-order valence-electron chi connectivity index (χ1n) is 23.7. The molecule has 0 fully saturated rings. The van der Waals surface area contributed by atoms with E-state index in [4.69, 9.17) is 9.72 Å². The predicted molar refractivity (Wildman–Crippen MR) is 286 cm³/mol. The van der Waals surface area contributed by atoms with E-state index in [0.29, 0.717) is 22.6 Å². The molecule has 5 nitrogen and oxygen atoms in total. The summed E-state index contributed by atoms with van der Waals surface area (Å²) in [6, 6.07) is 75.6. The van der Waals surface area contributed by atoms with Gasteiger partial charge in [0.1, 0.15) is 29.0 Å². The Hall–Kier alpha value is -9.03. The van der Waals surface area contributed by atoms with Crippen LogP contribution in [0.25, 0.3) is 72.1 Å². The van der Waals surface area contributed by atoms with Crippen molar-refractivity contribution >= 4 is 50.6 Å². The first-order chi connectivity index (χ1) is 34.6. The Bertz CT molecular complexity index is 3920. The minimum absolute atomic E-state index is 0.0641. The van der Waals surface area contributed by atoms with Crippen molar-refractivity contribution in [2.45, 2.75) is 26.2 Å². The van der Waals surface area contributed by atoms with Crippen molar-refractivity contribution in [1.29, 1.82) is 0 Å². The quantitative estimate of drug-likeness (QED) is 0.135. The van der Waals surface area contributed by atoms with Gasteiger partial charge in [-0.2, -0.15) is 0 Å². The van der Waals surface area contributed by atoms with Crippen LogP contribution in [-0.4, -0.2) is 15.6 Å². The highest BCUT2D eigenvalue weighted by Crippen LogP contribution is 2.46. The lowest BCUT2D eigenvalue weighted by Gasteiger charge is -2.20. The lowest BCUT2D eigenvalue weighted by atomic mass is 9.88. The fourth-order valence-corrected chi connectivity index (χ4v) is 9.82. The molecule has 0 atom stereocenters. The Morgan fingerprint density at radius 1 is 0.465 bits per heavy atom. The number of benzene rings is 9. The second kappa shape index (κ2) is 17.5. The fourth-order valence-electron chi connectivity index (χ4n) is 9.82. The molecule has 71 heavy (non-hydrogen) atoms. The third-order valence-corrected chi connectivity index (χ3v) is 13.3. The maximum atomic E-state index is 15.0. The molecule has 0 N–H and O–H groups in total. The number of pyridine rings is 1. The topological polar surface area (TPSA) is 33.1 Å². The molecule has 0 unspecified atom stereocenters. The predicted octanol–water partition coefficient (Wildman–Crippen LogP) is 17.1. The molecule has 0 saturated heterocycles. The van der Waals surface area contributed by atoms with E-state index in [1.54, 1.807) is 0 Å². The number of aromatic nitrogens is 2. The normalized spacial score (nSPS) is 12.2. The minimum Gasteiger partial charge on any atom is -0.457 e. The van der Waals surface area contributed by atoms with Crippen LogP contribution < -0.4 is 13.9 Å². The van der Waals surface area contributed by atoms with Gasteiger partial charge in [-0.15, -0.1) is 0 Å². The van der Waals surface area contributed by atoms with Crippen molar-refractivity contribution < 1.29 is 13.5 Å². The van der Waals surface area contributed by atoms with E-state index >= 15 is 8.78 Å². The van der Waals surface area contributed by atoms with E-state index in [0.717, 1.165) is 89.8 Å². The Kier molecular flexibility index (Phi) is 10.7. The minimum atomic E-state index is -0.652. The first-order valence-corrected chi connectivity index (χ1v) is 23.7. The molecule has 1 aliphatic rings. The third-order valence-electron chi connectivity index (χ3n) is 13.3. The Balaban J connectivity index is 1.06. The van der Waals surface area contributed by atoms with E-state index in [9.17, 15) is 0 Å². The molecular weight excluding hydrogens is 879 g/mol. The van der Waals surface area contributed by atoms with Gasteiger partial charge in [-0.05, 0) is 114 Å². The van der Waals surface area contributed by atoms with E-state index in [-0.39, 0.29) is 5.41 Å². The monoisotopic (exact) mass is 924 g/mol. The van der Waals surface area contributed by atoms with Crippen LogP contribution in [0.2, 0.25) is 0 Å². The SMILES string of the molecule is CC(C)(C)c1ccnc(-n2c3ccccc3c3ccc(Oc4cc(-c5ccc(-c6ccccc6)cc5)cc([N+]5=C=[N+](c6c(-c7ccccc7)cccc6-c6cc(F)cc(F)c6)c6ccccc65)c4)cc32)c1. The number of nitrogens with zero attached hydrogens (tertiary/aromatic N) is 4. The molecule has 2 aromatic heterocycles. The van der Waals surface area contributed by atoms with Gasteiger partial charge in [0.2, 0.25) is 11.4 Å². The summed E-state index contributed by atoms with van der Waals surface area (Å²) < 4.78 is 43.3. The van der Waals surface area contributed by atoms with Gasteiger partial charge < -0.3 is 4.74 Å². The second-order valence-electron chi connectivity index (χ2n) is 18.9. The molecule has 9 aromatic carbocycles. The maximum absolute atomic E-state index is 15.0. The highest BCUT2D eigenvalue weighted by atomic mass is 19.1. The van der Waals surface area contributed by atoms with Crippen molar-refractivity contribution in [3.63, 3.8) is 0 Å². The van der Waals surface area contributed by atoms with Crippen molar-refractivity contribution in [2.24, 2.45) is 0 Å². The number of para-hydroxylation sites is 4. The summed E-state index contributed by atoms with van der Waals surface area (Å²) in [7, 11) is 0. The van der Waals surface area contributed by atoms with Crippen LogP contribution in [0.1, 0.15) is 26.3 Å². The molecule has 0 aliphatic carbocycles. The molecule has 11 aromatic rings. The maximum Gasteiger partial charge on any atom is 0.503 e. The van der Waals surface area contributed by atoms with Crippen molar-refractivity contribution in [1.82, 2.24) is 18.7 Å². The highest BCUT2D eigenvalue weighted by Gasteiger charge is 2.39. The van der Waals surface area contributed by atoms with E-state index in [2.05, 4.69) is 147 Å². The van der Waals surface area contributed by atoms with Crippen molar-refractivity contribution in [3.8, 4) is 61.8 Å². The summed E-state index contributed by atoms with van der Waals surface area (Å²) in [5.41, 5.74) is 13.5. The van der Waals surface area contributed by atoms with E-state index in [1.165, 1.54) is 17.7 Å². The summed E-state index contributed by atoms with van der Waals surface area (Å²) >= 11 is 0. The van der Waals surface area contributed by atoms with Crippen LogP contribution >= 0.6 is 0 Å². The fraction of sp³-hybridized carbons (Fsp3) is 0.0625. The van der Waals surface area contributed by atoms with E-state index < -0.39 is 11.6 Å². The Labute approximate surface area is 410 Å². The van der Waals surface area contributed by atoms with Gasteiger partial charge in [-0.3, -0.25) is 4.57 Å². The average molecular weight is 925 g/mol. The van der Waals surface area contributed by atoms with Crippen LogP contribution in [-0.2, 0) is 5.41 Å². The number of ether oxygens (including phenoxy) is 1. The van der Waals surface area contributed by atoms with Crippen LogP contribution in [0.3, 0.4) is 0 Å². The van der Waals surface area contributed by atoms with Gasteiger partial charge >= 0.3 is 6.01 Å². The van der Waals surface area contributed by atoms with Crippen LogP contribution in [0.5, 0.6) is 11.5 Å². The lowest BCUT2D eigenvalue weighted by molar-refractivity contribution is 0.483. The summed E-state index contributed by atoms with van der Waals surface area (Å²) in [5, 5.41) is 2.22. The summed E-state index contributed by atoms with van der Waals surface area (Å²) in [4.78, 5) is 4.91. The van der Waals surface area contributed by atoms with Crippen LogP contribution in [0.4, 0.5) is 31.5 Å². The third kappa shape index (κ3) is 8.08. The van der Waals surface area contributed by atoms with Gasteiger partial charge in [0, 0.05) is 47.3 Å². The second-order valence-corrected chi connectivity index (χ2v) is 18.9.